The van der Waals surface area contributed by atoms with Crippen LogP contribution in [0.4, 0.5) is 0 Å². The molecule has 0 heterocycles. The lowest BCUT2D eigenvalue weighted by molar-refractivity contribution is 0.0526. The van der Waals surface area contributed by atoms with Gasteiger partial charge in [-0.05, 0) is 42.3 Å². The number of rotatable bonds is 6. The van der Waals surface area contributed by atoms with Crippen LogP contribution in [0.5, 0.6) is 0 Å². The van der Waals surface area contributed by atoms with E-state index in [4.69, 9.17) is 4.74 Å². The fourth-order valence-corrected chi connectivity index (χ4v) is 2.24. The Labute approximate surface area is 126 Å². The van der Waals surface area contributed by atoms with E-state index in [0.29, 0.717) is 12.2 Å². The number of carbonyl (C=O) groups excluding carboxylic acids is 1. The van der Waals surface area contributed by atoms with Crippen molar-refractivity contribution in [3.05, 3.63) is 59.7 Å². The van der Waals surface area contributed by atoms with E-state index in [1.165, 1.54) is 0 Å². The zero-order valence-corrected chi connectivity index (χ0v) is 12.6. The Morgan fingerprint density at radius 2 is 1.86 bits per heavy atom. The molecule has 0 bridgehead atoms. The summed E-state index contributed by atoms with van der Waals surface area (Å²) in [5, 5.41) is 3.32. The first-order valence-electron chi connectivity index (χ1n) is 7.32. The molecule has 3 nitrogen and oxygen atoms in total. The van der Waals surface area contributed by atoms with E-state index in [1.54, 1.807) is 0 Å². The number of esters is 1. The van der Waals surface area contributed by atoms with Crippen molar-refractivity contribution in [2.24, 2.45) is 0 Å². The van der Waals surface area contributed by atoms with E-state index >= 15 is 0 Å². The van der Waals surface area contributed by atoms with Gasteiger partial charge in [-0.3, -0.25) is 0 Å². The third kappa shape index (κ3) is 3.92. The number of ether oxygens (including phenoxy) is 1. The van der Waals surface area contributed by atoms with Gasteiger partial charge in [-0.25, -0.2) is 4.79 Å². The second kappa shape index (κ2) is 7.60. The Morgan fingerprint density at radius 3 is 2.52 bits per heavy atom. The lowest BCUT2D eigenvalue weighted by Crippen LogP contribution is -2.14. The van der Waals surface area contributed by atoms with Crippen LogP contribution in [0.25, 0.3) is 11.1 Å². The number of carbonyl (C=O) groups is 1. The summed E-state index contributed by atoms with van der Waals surface area (Å²) in [4.78, 5) is 11.9. The SMILES string of the molecule is CCNCc1cc(C(=O)OCC)ccc1-c1ccccc1. The largest absolute Gasteiger partial charge is 0.462 e. The fraction of sp³-hybridized carbons (Fsp3) is 0.278. The summed E-state index contributed by atoms with van der Waals surface area (Å²) in [5.41, 5.74) is 4.00. The Balaban J connectivity index is 2.38. The van der Waals surface area contributed by atoms with Crippen molar-refractivity contribution in [1.82, 2.24) is 5.32 Å². The minimum atomic E-state index is -0.269. The van der Waals surface area contributed by atoms with Crippen LogP contribution in [0.2, 0.25) is 0 Å². The molecule has 0 aliphatic rings. The zero-order chi connectivity index (χ0) is 15.1. The first-order valence-corrected chi connectivity index (χ1v) is 7.32. The molecule has 0 saturated heterocycles. The minimum absolute atomic E-state index is 0.269. The van der Waals surface area contributed by atoms with Gasteiger partial charge in [0.2, 0.25) is 0 Å². The Hall–Kier alpha value is -2.13. The molecule has 0 fully saturated rings. The molecule has 2 aromatic carbocycles. The van der Waals surface area contributed by atoms with Gasteiger partial charge < -0.3 is 10.1 Å². The monoisotopic (exact) mass is 283 g/mol. The van der Waals surface area contributed by atoms with Crippen LogP contribution >= 0.6 is 0 Å². The molecule has 21 heavy (non-hydrogen) atoms. The molecule has 0 aliphatic heterocycles. The maximum atomic E-state index is 11.9. The Morgan fingerprint density at radius 1 is 1.10 bits per heavy atom. The third-order valence-corrected chi connectivity index (χ3v) is 3.27. The average molecular weight is 283 g/mol. The number of hydrogen-bond donors (Lipinski definition) is 1. The summed E-state index contributed by atoms with van der Waals surface area (Å²) in [6.45, 7) is 5.89. The van der Waals surface area contributed by atoms with E-state index in [1.807, 2.05) is 43.3 Å². The van der Waals surface area contributed by atoms with E-state index in [0.717, 1.165) is 29.8 Å². The van der Waals surface area contributed by atoms with Gasteiger partial charge >= 0.3 is 5.97 Å². The highest BCUT2D eigenvalue weighted by Gasteiger charge is 2.11. The molecule has 0 aliphatic carbocycles. The van der Waals surface area contributed by atoms with Crippen molar-refractivity contribution in [3.63, 3.8) is 0 Å². The number of benzene rings is 2. The highest BCUT2D eigenvalue weighted by Crippen LogP contribution is 2.25. The highest BCUT2D eigenvalue weighted by atomic mass is 16.5. The topological polar surface area (TPSA) is 38.3 Å². The molecule has 0 amide bonds. The van der Waals surface area contributed by atoms with E-state index < -0.39 is 0 Å². The van der Waals surface area contributed by atoms with Gasteiger partial charge in [-0.15, -0.1) is 0 Å². The molecule has 3 heteroatoms. The summed E-state index contributed by atoms with van der Waals surface area (Å²) in [7, 11) is 0. The van der Waals surface area contributed by atoms with Crippen molar-refractivity contribution < 1.29 is 9.53 Å². The van der Waals surface area contributed by atoms with Crippen molar-refractivity contribution in [2.75, 3.05) is 13.2 Å². The minimum Gasteiger partial charge on any atom is -0.462 e. The second-order valence-corrected chi connectivity index (χ2v) is 4.74. The molecule has 0 spiro atoms. The summed E-state index contributed by atoms with van der Waals surface area (Å²) in [6.07, 6.45) is 0. The lowest BCUT2D eigenvalue weighted by Gasteiger charge is -2.12. The van der Waals surface area contributed by atoms with Crippen LogP contribution in [0.15, 0.2) is 48.5 Å². The Kier molecular flexibility index (Phi) is 5.52. The van der Waals surface area contributed by atoms with Crippen LogP contribution in [-0.4, -0.2) is 19.1 Å². The maximum absolute atomic E-state index is 11.9. The highest BCUT2D eigenvalue weighted by molar-refractivity contribution is 5.90. The zero-order valence-electron chi connectivity index (χ0n) is 12.6. The smallest absolute Gasteiger partial charge is 0.338 e. The quantitative estimate of drug-likeness (QED) is 0.823. The standard InChI is InChI=1S/C18H21NO2/c1-3-19-13-16-12-15(18(20)21-4-2)10-11-17(16)14-8-6-5-7-9-14/h5-12,19H,3-4,13H2,1-2H3. The van der Waals surface area contributed by atoms with Gasteiger partial charge in [0.1, 0.15) is 0 Å². The Bertz CT molecular complexity index is 593. The molecule has 0 radical (unpaired) electrons. The first-order chi connectivity index (χ1) is 10.3. The lowest BCUT2D eigenvalue weighted by atomic mass is 9.97. The van der Waals surface area contributed by atoms with Crippen molar-refractivity contribution in [2.45, 2.75) is 20.4 Å². The van der Waals surface area contributed by atoms with Crippen LogP contribution in [0.1, 0.15) is 29.8 Å². The van der Waals surface area contributed by atoms with Gasteiger partial charge in [-0.2, -0.15) is 0 Å². The van der Waals surface area contributed by atoms with E-state index in [2.05, 4.69) is 24.4 Å². The molecule has 0 saturated carbocycles. The third-order valence-electron chi connectivity index (χ3n) is 3.27. The van der Waals surface area contributed by atoms with Crippen LogP contribution in [-0.2, 0) is 11.3 Å². The normalized spacial score (nSPS) is 10.4. The van der Waals surface area contributed by atoms with Gasteiger partial charge in [0.25, 0.3) is 0 Å². The molecule has 0 atom stereocenters. The van der Waals surface area contributed by atoms with Crippen LogP contribution in [0, 0.1) is 0 Å². The predicted molar refractivity (Wildman–Crippen MR) is 85.2 cm³/mol. The molecule has 0 unspecified atom stereocenters. The van der Waals surface area contributed by atoms with Crippen molar-refractivity contribution in [3.8, 4) is 11.1 Å². The van der Waals surface area contributed by atoms with Crippen molar-refractivity contribution in [1.29, 1.82) is 0 Å². The van der Waals surface area contributed by atoms with Gasteiger partial charge in [-0.1, -0.05) is 43.3 Å². The summed E-state index contributed by atoms with van der Waals surface area (Å²) in [6, 6.07) is 15.9. The van der Waals surface area contributed by atoms with Gasteiger partial charge in [0, 0.05) is 6.54 Å². The summed E-state index contributed by atoms with van der Waals surface area (Å²) in [5.74, 6) is -0.269. The van der Waals surface area contributed by atoms with Crippen LogP contribution < -0.4 is 5.32 Å². The van der Waals surface area contributed by atoms with Crippen LogP contribution in [0.3, 0.4) is 0 Å². The molecule has 2 aromatic rings. The molecule has 2 rings (SSSR count). The van der Waals surface area contributed by atoms with E-state index in [-0.39, 0.29) is 5.97 Å². The molecule has 110 valence electrons. The van der Waals surface area contributed by atoms with Gasteiger partial charge in [0.15, 0.2) is 0 Å². The molecular formula is C18H21NO2. The second-order valence-electron chi connectivity index (χ2n) is 4.74. The summed E-state index contributed by atoms with van der Waals surface area (Å²) >= 11 is 0. The molecule has 0 aromatic heterocycles. The summed E-state index contributed by atoms with van der Waals surface area (Å²) < 4.78 is 5.07. The fourth-order valence-electron chi connectivity index (χ4n) is 2.24. The van der Waals surface area contributed by atoms with Gasteiger partial charge in [0.05, 0.1) is 12.2 Å². The van der Waals surface area contributed by atoms with Crippen molar-refractivity contribution >= 4 is 5.97 Å². The maximum Gasteiger partial charge on any atom is 0.338 e. The molecule has 1 N–H and O–H groups in total. The molecular weight excluding hydrogens is 262 g/mol. The predicted octanol–water partition coefficient (Wildman–Crippen LogP) is 3.64. The first kappa shape index (κ1) is 15.3. The average Bonchev–Trinajstić information content (AvgIpc) is 2.53. The van der Waals surface area contributed by atoms with E-state index in [9.17, 15) is 4.79 Å². The number of hydrogen-bond acceptors (Lipinski definition) is 3. The number of nitrogens with one attached hydrogen (secondary N) is 1.